The number of carbonyl (C=O) groups is 2. The van der Waals surface area contributed by atoms with Crippen molar-refractivity contribution in [2.24, 2.45) is 0 Å². The zero-order valence-electron chi connectivity index (χ0n) is 15.1. The summed E-state index contributed by atoms with van der Waals surface area (Å²) in [6.07, 6.45) is 0. The van der Waals surface area contributed by atoms with Crippen molar-refractivity contribution in [3.63, 3.8) is 0 Å². The maximum Gasteiger partial charge on any atom is 0.338 e. The SMILES string of the molecule is COCCOC(=O)C1=C(C)N(C(C)C)C(=O)N[C@H]1c1ccc(Cl)cc1Cl. The topological polar surface area (TPSA) is 67.9 Å². The van der Waals surface area contributed by atoms with E-state index in [4.69, 9.17) is 32.7 Å². The molecule has 142 valence electrons. The van der Waals surface area contributed by atoms with Gasteiger partial charge in [0.2, 0.25) is 0 Å². The predicted octanol–water partition coefficient (Wildman–Crippen LogP) is 3.93. The number of hydrogen-bond donors (Lipinski definition) is 1. The van der Waals surface area contributed by atoms with Crippen LogP contribution in [0.1, 0.15) is 32.4 Å². The maximum absolute atomic E-state index is 12.7. The van der Waals surface area contributed by atoms with E-state index >= 15 is 0 Å². The van der Waals surface area contributed by atoms with Gasteiger partial charge < -0.3 is 14.8 Å². The van der Waals surface area contributed by atoms with Gasteiger partial charge >= 0.3 is 12.0 Å². The van der Waals surface area contributed by atoms with E-state index in [1.54, 1.807) is 25.1 Å². The minimum atomic E-state index is -0.725. The number of ether oxygens (including phenoxy) is 2. The Kier molecular flexibility index (Phi) is 6.92. The standard InChI is InChI=1S/C18H22Cl2N2O4/c1-10(2)22-11(3)15(17(23)26-8-7-25-4)16(21-18(22)24)13-6-5-12(19)9-14(13)20/h5-6,9-10,16H,7-8H2,1-4H3,(H,21,24)/t16-/m0/s1. The molecule has 1 aliphatic rings. The van der Waals surface area contributed by atoms with E-state index in [1.807, 2.05) is 13.8 Å². The van der Waals surface area contributed by atoms with Crippen molar-refractivity contribution in [1.29, 1.82) is 0 Å². The Balaban J connectivity index is 2.50. The van der Waals surface area contributed by atoms with Gasteiger partial charge in [-0.2, -0.15) is 0 Å². The van der Waals surface area contributed by atoms with E-state index in [0.29, 0.717) is 26.9 Å². The molecule has 0 unspecified atom stereocenters. The molecule has 1 aromatic carbocycles. The minimum absolute atomic E-state index is 0.114. The summed E-state index contributed by atoms with van der Waals surface area (Å²) in [5.41, 5.74) is 1.44. The van der Waals surface area contributed by atoms with Crippen LogP contribution >= 0.6 is 23.2 Å². The fraction of sp³-hybridized carbons (Fsp3) is 0.444. The molecule has 0 bridgehead atoms. The first-order valence-corrected chi connectivity index (χ1v) is 8.95. The fourth-order valence-electron chi connectivity index (χ4n) is 2.91. The monoisotopic (exact) mass is 400 g/mol. The molecular formula is C18H22Cl2N2O4. The Morgan fingerprint density at radius 2 is 2.00 bits per heavy atom. The van der Waals surface area contributed by atoms with Gasteiger partial charge in [-0.1, -0.05) is 29.3 Å². The second-order valence-corrected chi connectivity index (χ2v) is 6.98. The molecule has 0 fully saturated rings. The maximum atomic E-state index is 12.7. The third kappa shape index (κ3) is 4.31. The molecule has 1 N–H and O–H groups in total. The van der Waals surface area contributed by atoms with E-state index in [9.17, 15) is 9.59 Å². The molecule has 1 heterocycles. The van der Waals surface area contributed by atoms with Crippen LogP contribution in [0.3, 0.4) is 0 Å². The third-order valence-corrected chi connectivity index (χ3v) is 4.62. The summed E-state index contributed by atoms with van der Waals surface area (Å²) in [4.78, 5) is 26.8. The smallest absolute Gasteiger partial charge is 0.338 e. The molecule has 0 saturated carbocycles. The molecule has 0 saturated heterocycles. The van der Waals surface area contributed by atoms with Crippen LogP contribution in [0, 0.1) is 0 Å². The van der Waals surface area contributed by atoms with Gasteiger partial charge in [0, 0.05) is 28.9 Å². The third-order valence-electron chi connectivity index (χ3n) is 4.06. The van der Waals surface area contributed by atoms with Crippen LogP contribution in [-0.4, -0.2) is 43.3 Å². The summed E-state index contributed by atoms with van der Waals surface area (Å²) >= 11 is 12.3. The number of benzene rings is 1. The summed E-state index contributed by atoms with van der Waals surface area (Å²) in [5.74, 6) is -0.527. The molecule has 8 heteroatoms. The van der Waals surface area contributed by atoms with Crippen molar-refractivity contribution in [2.45, 2.75) is 32.9 Å². The Bertz CT molecular complexity index is 734. The highest BCUT2D eigenvalue weighted by Gasteiger charge is 2.38. The number of halogens is 2. The normalized spacial score (nSPS) is 17.6. The van der Waals surface area contributed by atoms with E-state index < -0.39 is 12.0 Å². The Hall–Kier alpha value is -1.76. The van der Waals surface area contributed by atoms with Crippen molar-refractivity contribution in [3.8, 4) is 0 Å². The molecule has 2 amide bonds. The molecule has 0 radical (unpaired) electrons. The Labute approximate surface area is 163 Å². The number of allylic oxidation sites excluding steroid dienone is 1. The lowest BCUT2D eigenvalue weighted by Crippen LogP contribution is -2.50. The molecule has 1 aromatic rings. The van der Waals surface area contributed by atoms with E-state index in [0.717, 1.165) is 0 Å². The van der Waals surface area contributed by atoms with Gasteiger partial charge in [0.25, 0.3) is 0 Å². The molecular weight excluding hydrogens is 379 g/mol. The van der Waals surface area contributed by atoms with Gasteiger partial charge in [-0.3, -0.25) is 4.90 Å². The van der Waals surface area contributed by atoms with E-state index in [1.165, 1.54) is 12.0 Å². The van der Waals surface area contributed by atoms with Crippen LogP contribution < -0.4 is 5.32 Å². The fourth-order valence-corrected chi connectivity index (χ4v) is 3.43. The Morgan fingerprint density at radius 3 is 2.58 bits per heavy atom. The quantitative estimate of drug-likeness (QED) is 0.579. The molecule has 0 aliphatic carbocycles. The summed E-state index contributed by atoms with van der Waals surface area (Å²) in [7, 11) is 1.52. The van der Waals surface area contributed by atoms with Gasteiger partial charge in [-0.15, -0.1) is 0 Å². The van der Waals surface area contributed by atoms with Crippen LogP contribution in [0.25, 0.3) is 0 Å². The number of amides is 2. The summed E-state index contributed by atoms with van der Waals surface area (Å²) in [5, 5.41) is 3.67. The highest BCUT2D eigenvalue weighted by molar-refractivity contribution is 6.35. The van der Waals surface area contributed by atoms with Crippen LogP contribution in [0.15, 0.2) is 29.5 Å². The summed E-state index contributed by atoms with van der Waals surface area (Å²) < 4.78 is 10.2. The summed E-state index contributed by atoms with van der Waals surface area (Å²) in [6, 6.07) is 3.77. The molecule has 1 aliphatic heterocycles. The molecule has 0 spiro atoms. The van der Waals surface area contributed by atoms with Gasteiger partial charge in [0.15, 0.2) is 0 Å². The van der Waals surface area contributed by atoms with Crippen molar-refractivity contribution in [3.05, 3.63) is 45.1 Å². The van der Waals surface area contributed by atoms with Crippen molar-refractivity contribution < 1.29 is 19.1 Å². The van der Waals surface area contributed by atoms with Crippen molar-refractivity contribution in [2.75, 3.05) is 20.3 Å². The first-order valence-electron chi connectivity index (χ1n) is 8.19. The van der Waals surface area contributed by atoms with Crippen molar-refractivity contribution >= 4 is 35.2 Å². The number of nitrogens with one attached hydrogen (secondary N) is 1. The van der Waals surface area contributed by atoms with Gasteiger partial charge in [0.1, 0.15) is 6.61 Å². The molecule has 0 aromatic heterocycles. The molecule has 1 atom stereocenters. The average molecular weight is 401 g/mol. The van der Waals surface area contributed by atoms with Gasteiger partial charge in [0.05, 0.1) is 18.2 Å². The average Bonchev–Trinajstić information content (AvgIpc) is 2.54. The number of esters is 1. The Morgan fingerprint density at radius 1 is 1.31 bits per heavy atom. The van der Waals surface area contributed by atoms with Crippen molar-refractivity contribution in [1.82, 2.24) is 10.2 Å². The zero-order valence-corrected chi connectivity index (χ0v) is 16.6. The lowest BCUT2D eigenvalue weighted by molar-refractivity contribution is -0.140. The van der Waals surface area contributed by atoms with Crippen LogP contribution in [0.4, 0.5) is 4.79 Å². The largest absolute Gasteiger partial charge is 0.460 e. The number of hydrogen-bond acceptors (Lipinski definition) is 4. The number of nitrogens with zero attached hydrogens (tertiary/aromatic N) is 1. The van der Waals surface area contributed by atoms with Gasteiger partial charge in [-0.25, -0.2) is 9.59 Å². The highest BCUT2D eigenvalue weighted by Crippen LogP contribution is 2.36. The van der Waals surface area contributed by atoms with Crippen LogP contribution in [0.5, 0.6) is 0 Å². The second kappa shape index (κ2) is 8.75. The number of rotatable bonds is 6. The second-order valence-electron chi connectivity index (χ2n) is 6.14. The van der Waals surface area contributed by atoms with Crippen LogP contribution in [-0.2, 0) is 14.3 Å². The first-order chi connectivity index (χ1) is 12.3. The van der Waals surface area contributed by atoms with Crippen LogP contribution in [0.2, 0.25) is 10.0 Å². The molecule has 6 nitrogen and oxygen atoms in total. The zero-order chi connectivity index (χ0) is 19.4. The van der Waals surface area contributed by atoms with Gasteiger partial charge in [-0.05, 0) is 38.5 Å². The number of carbonyl (C=O) groups excluding carboxylic acids is 2. The number of methoxy groups -OCH3 is 1. The molecule has 26 heavy (non-hydrogen) atoms. The highest BCUT2D eigenvalue weighted by atomic mass is 35.5. The number of urea groups is 1. The minimum Gasteiger partial charge on any atom is -0.460 e. The molecule has 2 rings (SSSR count). The lowest BCUT2D eigenvalue weighted by atomic mass is 9.94. The predicted molar refractivity (Wildman–Crippen MR) is 100 cm³/mol. The lowest BCUT2D eigenvalue weighted by Gasteiger charge is -2.37. The summed E-state index contributed by atoms with van der Waals surface area (Å²) in [6.45, 7) is 5.86. The van der Waals surface area contributed by atoms with E-state index in [-0.39, 0.29) is 25.3 Å². The first kappa shape index (κ1) is 20.6. The van der Waals surface area contributed by atoms with E-state index in [2.05, 4.69) is 5.32 Å².